The summed E-state index contributed by atoms with van der Waals surface area (Å²) in [5, 5.41) is 0. The van der Waals surface area contributed by atoms with Gasteiger partial charge >= 0.3 is 0 Å². The van der Waals surface area contributed by atoms with Gasteiger partial charge in [-0.1, -0.05) is 0 Å². The molecule has 0 aromatic carbocycles. The average molecular weight is 366 g/mol. The smallest absolute Gasteiger partial charge is 0.242 e. The summed E-state index contributed by atoms with van der Waals surface area (Å²) in [5.41, 5.74) is 0.937. The van der Waals surface area contributed by atoms with Gasteiger partial charge in [0.15, 0.2) is 0 Å². The Labute approximate surface area is 147 Å². The van der Waals surface area contributed by atoms with Crippen molar-refractivity contribution in [3.63, 3.8) is 0 Å². The molecule has 2 aromatic rings. The zero-order valence-corrected chi connectivity index (χ0v) is 15.1. The molecule has 136 valence electrons. The highest BCUT2D eigenvalue weighted by atomic mass is 32.2. The lowest BCUT2D eigenvalue weighted by atomic mass is 10.0. The van der Waals surface area contributed by atoms with E-state index in [1.54, 1.807) is 18.6 Å². The quantitative estimate of drug-likeness (QED) is 0.831. The molecule has 0 bridgehead atoms. The molecule has 1 N–H and O–H groups in total. The molecule has 1 aliphatic rings. The van der Waals surface area contributed by atoms with Crippen LogP contribution in [-0.2, 0) is 21.8 Å². The fourth-order valence-corrected chi connectivity index (χ4v) is 4.06. The second kappa shape index (κ2) is 7.51. The van der Waals surface area contributed by atoms with Crippen molar-refractivity contribution in [1.29, 1.82) is 0 Å². The maximum absolute atomic E-state index is 12.6. The van der Waals surface area contributed by atoms with Gasteiger partial charge in [-0.3, -0.25) is 0 Å². The number of sulfonamides is 1. The Morgan fingerprint density at radius 3 is 2.88 bits per heavy atom. The van der Waals surface area contributed by atoms with E-state index < -0.39 is 10.0 Å². The zero-order valence-electron chi connectivity index (χ0n) is 14.3. The lowest BCUT2D eigenvalue weighted by Crippen LogP contribution is -2.40. The molecule has 9 heteroatoms. The number of nitrogens with one attached hydrogen (secondary N) is 1. The van der Waals surface area contributed by atoms with Crippen LogP contribution in [0.25, 0.3) is 0 Å². The molecule has 0 amide bonds. The van der Waals surface area contributed by atoms with Crippen LogP contribution < -0.4 is 9.46 Å². The Morgan fingerprint density at radius 2 is 2.24 bits per heavy atom. The largest absolute Gasteiger partial charge is 0.478 e. The van der Waals surface area contributed by atoms with E-state index in [9.17, 15) is 8.42 Å². The first kappa shape index (κ1) is 17.8. The summed E-state index contributed by atoms with van der Waals surface area (Å²) < 4.78 is 40.8. The summed E-state index contributed by atoms with van der Waals surface area (Å²) in [6, 6.07) is 2.85. The minimum Gasteiger partial charge on any atom is -0.478 e. The summed E-state index contributed by atoms with van der Waals surface area (Å²) in [6.45, 7) is 2.82. The molecular weight excluding hydrogens is 344 g/mol. The number of aromatic nitrogens is 3. The highest BCUT2D eigenvalue weighted by Crippen LogP contribution is 2.28. The van der Waals surface area contributed by atoms with Crippen molar-refractivity contribution < 1.29 is 17.9 Å². The number of imidazole rings is 1. The first-order chi connectivity index (χ1) is 12.0. The Bertz CT molecular complexity index is 804. The third-order valence-electron chi connectivity index (χ3n) is 4.10. The lowest BCUT2D eigenvalue weighted by Gasteiger charge is -2.30. The molecular formula is C16H22N4O4S. The standard InChI is InChI=1S/C16H22N4O4S/c1-3-23-16-5-4-13(9-18-16)25(21,22)19-12-6-7-24-15(8-12)14-10-17-11-20(14)2/h4-5,9-12,15,19H,3,6-8H2,1-2H3/t12-,15+/m0/s1. The molecule has 0 unspecified atom stereocenters. The fraction of sp³-hybridized carbons (Fsp3) is 0.500. The van der Waals surface area contributed by atoms with Gasteiger partial charge in [-0.15, -0.1) is 0 Å². The number of rotatable bonds is 6. The average Bonchev–Trinajstić information content (AvgIpc) is 3.02. The van der Waals surface area contributed by atoms with E-state index >= 15 is 0 Å². The molecule has 0 spiro atoms. The Kier molecular flexibility index (Phi) is 5.36. The summed E-state index contributed by atoms with van der Waals surface area (Å²) in [6.07, 6.45) is 5.77. The van der Waals surface area contributed by atoms with Gasteiger partial charge in [-0.2, -0.15) is 0 Å². The second-order valence-electron chi connectivity index (χ2n) is 5.90. The molecule has 2 aromatic heterocycles. The Hall–Kier alpha value is -1.97. The fourth-order valence-electron chi connectivity index (χ4n) is 2.83. The number of aryl methyl sites for hydroxylation is 1. The summed E-state index contributed by atoms with van der Waals surface area (Å²) in [7, 11) is -1.75. The third-order valence-corrected chi connectivity index (χ3v) is 5.61. The van der Waals surface area contributed by atoms with E-state index in [0.29, 0.717) is 31.9 Å². The van der Waals surface area contributed by atoms with Crippen LogP contribution >= 0.6 is 0 Å². The van der Waals surface area contributed by atoms with Gasteiger partial charge in [-0.05, 0) is 25.8 Å². The van der Waals surface area contributed by atoms with E-state index in [4.69, 9.17) is 9.47 Å². The third kappa shape index (κ3) is 4.17. The summed E-state index contributed by atoms with van der Waals surface area (Å²) in [4.78, 5) is 8.23. The zero-order chi connectivity index (χ0) is 17.9. The van der Waals surface area contributed by atoms with Crippen molar-refractivity contribution in [3.05, 3.63) is 36.5 Å². The van der Waals surface area contributed by atoms with Gasteiger partial charge in [0.2, 0.25) is 15.9 Å². The van der Waals surface area contributed by atoms with Crippen LogP contribution in [0, 0.1) is 0 Å². The molecule has 2 atom stereocenters. The van der Waals surface area contributed by atoms with Gasteiger partial charge in [0.1, 0.15) is 11.0 Å². The van der Waals surface area contributed by atoms with Crippen LogP contribution in [0.2, 0.25) is 0 Å². The molecule has 0 aliphatic carbocycles. The topological polar surface area (TPSA) is 95.3 Å². The predicted molar refractivity (Wildman–Crippen MR) is 90.7 cm³/mol. The van der Waals surface area contributed by atoms with E-state index in [0.717, 1.165) is 5.69 Å². The van der Waals surface area contributed by atoms with Crippen molar-refractivity contribution in [3.8, 4) is 5.88 Å². The Morgan fingerprint density at radius 1 is 1.40 bits per heavy atom. The number of nitrogens with zero attached hydrogens (tertiary/aromatic N) is 3. The normalized spacial score (nSPS) is 21.2. The van der Waals surface area contributed by atoms with Gasteiger partial charge in [0, 0.05) is 25.8 Å². The molecule has 1 saturated heterocycles. The minimum absolute atomic E-state index is 0.125. The minimum atomic E-state index is -3.64. The highest BCUT2D eigenvalue weighted by Gasteiger charge is 2.29. The first-order valence-electron chi connectivity index (χ1n) is 8.18. The summed E-state index contributed by atoms with van der Waals surface area (Å²) in [5.74, 6) is 0.406. The number of hydrogen-bond acceptors (Lipinski definition) is 6. The van der Waals surface area contributed by atoms with Crippen molar-refractivity contribution in [2.75, 3.05) is 13.2 Å². The summed E-state index contributed by atoms with van der Waals surface area (Å²) >= 11 is 0. The number of hydrogen-bond donors (Lipinski definition) is 1. The van der Waals surface area contributed by atoms with Gasteiger partial charge in [0.25, 0.3) is 0 Å². The molecule has 1 fully saturated rings. The highest BCUT2D eigenvalue weighted by molar-refractivity contribution is 7.89. The van der Waals surface area contributed by atoms with Crippen LogP contribution in [0.1, 0.15) is 31.6 Å². The molecule has 8 nitrogen and oxygen atoms in total. The van der Waals surface area contributed by atoms with Gasteiger partial charge in [0.05, 0.1) is 31.0 Å². The molecule has 25 heavy (non-hydrogen) atoms. The van der Waals surface area contributed by atoms with E-state index in [-0.39, 0.29) is 17.0 Å². The van der Waals surface area contributed by atoms with Crippen molar-refractivity contribution in [2.45, 2.75) is 36.8 Å². The number of ether oxygens (including phenoxy) is 2. The maximum atomic E-state index is 12.6. The van der Waals surface area contributed by atoms with E-state index in [2.05, 4.69) is 14.7 Å². The SMILES string of the molecule is CCOc1ccc(S(=O)(=O)N[C@H]2CCO[C@@H](c3cncn3C)C2)cn1. The second-order valence-corrected chi connectivity index (χ2v) is 7.61. The van der Waals surface area contributed by atoms with Crippen LogP contribution in [0.15, 0.2) is 35.7 Å². The van der Waals surface area contributed by atoms with Crippen LogP contribution in [-0.4, -0.2) is 42.2 Å². The predicted octanol–water partition coefficient (Wildman–Crippen LogP) is 1.41. The van der Waals surface area contributed by atoms with Gasteiger partial charge < -0.3 is 14.0 Å². The van der Waals surface area contributed by atoms with Crippen LogP contribution in [0.3, 0.4) is 0 Å². The molecule has 3 heterocycles. The lowest BCUT2D eigenvalue weighted by molar-refractivity contribution is -0.0000447. The van der Waals surface area contributed by atoms with Crippen LogP contribution in [0.5, 0.6) is 5.88 Å². The first-order valence-corrected chi connectivity index (χ1v) is 9.67. The van der Waals surface area contributed by atoms with Crippen molar-refractivity contribution in [1.82, 2.24) is 19.3 Å². The maximum Gasteiger partial charge on any atom is 0.242 e. The monoisotopic (exact) mass is 366 g/mol. The van der Waals surface area contributed by atoms with Crippen molar-refractivity contribution in [2.24, 2.45) is 7.05 Å². The van der Waals surface area contributed by atoms with Gasteiger partial charge in [-0.25, -0.2) is 23.1 Å². The van der Waals surface area contributed by atoms with E-state index in [1.807, 2.05) is 18.5 Å². The van der Waals surface area contributed by atoms with Crippen molar-refractivity contribution >= 4 is 10.0 Å². The van der Waals surface area contributed by atoms with E-state index in [1.165, 1.54) is 12.3 Å². The Balaban J connectivity index is 1.68. The molecule has 3 rings (SSSR count). The molecule has 0 radical (unpaired) electrons. The number of pyridine rings is 1. The molecule has 0 saturated carbocycles. The van der Waals surface area contributed by atoms with Crippen LogP contribution in [0.4, 0.5) is 0 Å². The molecule has 1 aliphatic heterocycles.